The highest BCUT2D eigenvalue weighted by molar-refractivity contribution is 5.67. The zero-order valence-electron chi connectivity index (χ0n) is 9.86. The third-order valence-electron chi connectivity index (χ3n) is 3.34. The van der Waals surface area contributed by atoms with Crippen LogP contribution in [0.25, 0.3) is 0 Å². The maximum Gasteiger partial charge on any atom is 0.303 e. The molecule has 0 saturated carbocycles. The Morgan fingerprint density at radius 2 is 2.38 bits per heavy atom. The van der Waals surface area contributed by atoms with E-state index in [9.17, 15) is 4.79 Å². The van der Waals surface area contributed by atoms with Crippen LogP contribution < -0.4 is 0 Å². The molecule has 0 amide bonds. The zero-order valence-corrected chi connectivity index (χ0v) is 9.86. The van der Waals surface area contributed by atoms with Crippen LogP contribution in [0.3, 0.4) is 0 Å². The Balaban J connectivity index is 2.28. The van der Waals surface area contributed by atoms with Gasteiger partial charge in [0.2, 0.25) is 0 Å². The largest absolute Gasteiger partial charge is 0.481 e. The van der Waals surface area contributed by atoms with Crippen LogP contribution in [-0.4, -0.2) is 20.6 Å². The van der Waals surface area contributed by atoms with Gasteiger partial charge in [0.1, 0.15) is 5.82 Å². The molecule has 0 radical (unpaired) electrons. The second kappa shape index (κ2) is 4.28. The van der Waals surface area contributed by atoms with Crippen LogP contribution in [0.1, 0.15) is 49.3 Å². The quantitative estimate of drug-likeness (QED) is 0.852. The smallest absolute Gasteiger partial charge is 0.303 e. The van der Waals surface area contributed by atoms with Gasteiger partial charge in [0.05, 0.1) is 12.1 Å². The van der Waals surface area contributed by atoms with Crippen molar-refractivity contribution >= 4 is 5.97 Å². The van der Waals surface area contributed by atoms with E-state index in [2.05, 4.69) is 16.5 Å². The minimum Gasteiger partial charge on any atom is -0.481 e. The van der Waals surface area contributed by atoms with Gasteiger partial charge in [-0.1, -0.05) is 6.92 Å². The van der Waals surface area contributed by atoms with Gasteiger partial charge in [0, 0.05) is 18.7 Å². The minimum absolute atomic E-state index is 0.177. The lowest BCUT2D eigenvalue weighted by molar-refractivity contribution is -0.136. The van der Waals surface area contributed by atoms with Gasteiger partial charge in [-0.25, -0.2) is 4.98 Å². The summed E-state index contributed by atoms with van der Waals surface area (Å²) in [5, 5.41) is 8.72. The first-order valence-electron chi connectivity index (χ1n) is 5.87. The van der Waals surface area contributed by atoms with E-state index in [1.807, 2.05) is 6.92 Å². The summed E-state index contributed by atoms with van der Waals surface area (Å²) < 4.78 is 2.26. The zero-order chi connectivity index (χ0) is 11.7. The molecular formula is C12H18N2O2. The molecule has 1 aliphatic heterocycles. The number of aromatic nitrogens is 2. The molecule has 1 atom stereocenters. The summed E-state index contributed by atoms with van der Waals surface area (Å²) in [5.41, 5.74) is 2.26. The Morgan fingerprint density at radius 3 is 3.06 bits per heavy atom. The number of aryl methyl sites for hydroxylation is 2. The summed E-state index contributed by atoms with van der Waals surface area (Å²) in [6, 6.07) is 0. The highest BCUT2D eigenvalue weighted by Crippen LogP contribution is 2.30. The van der Waals surface area contributed by atoms with E-state index in [0.29, 0.717) is 12.3 Å². The standard InChI is InChI=1S/C12H18N2O2/c1-8-4-3-7-14-9(2)13-10(12(8)14)5-6-11(15)16/h8H,3-7H2,1-2H3,(H,15,16). The Bertz CT molecular complexity index is 409. The van der Waals surface area contributed by atoms with E-state index >= 15 is 0 Å². The highest BCUT2D eigenvalue weighted by Gasteiger charge is 2.23. The summed E-state index contributed by atoms with van der Waals surface area (Å²) >= 11 is 0. The summed E-state index contributed by atoms with van der Waals surface area (Å²) in [6.07, 6.45) is 3.12. The van der Waals surface area contributed by atoms with Gasteiger partial charge >= 0.3 is 5.97 Å². The summed E-state index contributed by atoms with van der Waals surface area (Å²) in [5.74, 6) is 0.795. The molecule has 4 nitrogen and oxygen atoms in total. The van der Waals surface area contributed by atoms with Gasteiger partial charge in [0.15, 0.2) is 0 Å². The van der Waals surface area contributed by atoms with Gasteiger partial charge in [-0.15, -0.1) is 0 Å². The van der Waals surface area contributed by atoms with Crippen LogP contribution in [0.2, 0.25) is 0 Å². The van der Waals surface area contributed by atoms with Gasteiger partial charge in [-0.3, -0.25) is 4.79 Å². The molecule has 0 aliphatic carbocycles. The molecule has 2 heterocycles. The predicted molar refractivity (Wildman–Crippen MR) is 60.6 cm³/mol. The van der Waals surface area contributed by atoms with Gasteiger partial charge < -0.3 is 9.67 Å². The van der Waals surface area contributed by atoms with Crippen LogP contribution >= 0.6 is 0 Å². The van der Waals surface area contributed by atoms with Crippen molar-refractivity contribution in [1.29, 1.82) is 0 Å². The maximum absolute atomic E-state index is 10.6. The van der Waals surface area contributed by atoms with Gasteiger partial charge in [0.25, 0.3) is 0 Å². The van der Waals surface area contributed by atoms with Crippen molar-refractivity contribution in [3.05, 3.63) is 17.2 Å². The number of carbonyl (C=O) groups is 1. The van der Waals surface area contributed by atoms with Crippen LogP contribution in [0, 0.1) is 6.92 Å². The fraction of sp³-hybridized carbons (Fsp3) is 0.667. The van der Waals surface area contributed by atoms with E-state index in [1.54, 1.807) is 0 Å². The third kappa shape index (κ3) is 1.96. The molecule has 88 valence electrons. The number of carboxylic acids is 1. The van der Waals surface area contributed by atoms with Gasteiger partial charge in [-0.2, -0.15) is 0 Å². The van der Waals surface area contributed by atoms with E-state index in [0.717, 1.165) is 18.1 Å². The molecule has 4 heteroatoms. The Labute approximate surface area is 95.3 Å². The van der Waals surface area contributed by atoms with Crippen molar-refractivity contribution < 1.29 is 9.90 Å². The first-order chi connectivity index (χ1) is 7.59. The molecule has 1 N–H and O–H groups in total. The van der Waals surface area contributed by atoms with E-state index in [-0.39, 0.29) is 6.42 Å². The molecule has 2 rings (SSSR count). The topological polar surface area (TPSA) is 55.1 Å². The number of hydrogen-bond acceptors (Lipinski definition) is 2. The normalized spacial score (nSPS) is 19.5. The first-order valence-corrected chi connectivity index (χ1v) is 5.87. The lowest BCUT2D eigenvalue weighted by Crippen LogP contribution is -2.15. The molecule has 1 aliphatic rings. The second-order valence-corrected chi connectivity index (χ2v) is 4.58. The summed E-state index contributed by atoms with van der Waals surface area (Å²) in [7, 11) is 0. The van der Waals surface area contributed by atoms with Crippen molar-refractivity contribution in [1.82, 2.24) is 9.55 Å². The van der Waals surface area contributed by atoms with Crippen LogP contribution in [0.15, 0.2) is 0 Å². The van der Waals surface area contributed by atoms with Crippen molar-refractivity contribution in [3.63, 3.8) is 0 Å². The molecule has 0 bridgehead atoms. The summed E-state index contributed by atoms with van der Waals surface area (Å²) in [4.78, 5) is 15.1. The van der Waals surface area contributed by atoms with E-state index in [1.165, 1.54) is 18.5 Å². The molecule has 0 aromatic carbocycles. The minimum atomic E-state index is -0.747. The maximum atomic E-state index is 10.6. The van der Waals surface area contributed by atoms with Gasteiger partial charge in [-0.05, 0) is 25.7 Å². The molecular weight excluding hydrogens is 204 g/mol. The number of fused-ring (bicyclic) bond motifs is 1. The number of carboxylic acid groups (broad SMARTS) is 1. The fourth-order valence-corrected chi connectivity index (χ4v) is 2.58. The fourth-order valence-electron chi connectivity index (χ4n) is 2.58. The SMILES string of the molecule is Cc1nc(CCC(=O)O)c2n1CCCC2C. The molecule has 1 aromatic heterocycles. The van der Waals surface area contributed by atoms with E-state index < -0.39 is 5.97 Å². The predicted octanol–water partition coefficient (Wildman–Crippen LogP) is 2.11. The van der Waals surface area contributed by atoms with Crippen molar-refractivity contribution in [2.24, 2.45) is 0 Å². The number of aliphatic carboxylic acids is 1. The first kappa shape index (κ1) is 11.2. The third-order valence-corrected chi connectivity index (χ3v) is 3.34. The highest BCUT2D eigenvalue weighted by atomic mass is 16.4. The average molecular weight is 222 g/mol. The molecule has 0 spiro atoms. The average Bonchev–Trinajstić information content (AvgIpc) is 2.55. The van der Waals surface area contributed by atoms with Crippen LogP contribution in [0.5, 0.6) is 0 Å². The number of rotatable bonds is 3. The molecule has 0 saturated heterocycles. The molecule has 16 heavy (non-hydrogen) atoms. The van der Waals surface area contributed by atoms with Crippen molar-refractivity contribution in [3.8, 4) is 0 Å². The number of hydrogen-bond donors (Lipinski definition) is 1. The summed E-state index contributed by atoms with van der Waals surface area (Å²) in [6.45, 7) is 5.24. The van der Waals surface area contributed by atoms with E-state index in [4.69, 9.17) is 5.11 Å². The number of imidazole rings is 1. The Kier molecular flexibility index (Phi) is 2.99. The van der Waals surface area contributed by atoms with Crippen LogP contribution in [0.4, 0.5) is 0 Å². The second-order valence-electron chi connectivity index (χ2n) is 4.58. The van der Waals surface area contributed by atoms with Crippen molar-refractivity contribution in [2.75, 3.05) is 0 Å². The lowest BCUT2D eigenvalue weighted by Gasteiger charge is -2.22. The Hall–Kier alpha value is -1.32. The monoisotopic (exact) mass is 222 g/mol. The van der Waals surface area contributed by atoms with Crippen LogP contribution in [-0.2, 0) is 17.8 Å². The molecule has 0 fully saturated rings. The van der Waals surface area contributed by atoms with Crippen molar-refractivity contribution in [2.45, 2.75) is 52.0 Å². The molecule has 1 unspecified atom stereocenters. The number of nitrogens with zero attached hydrogens (tertiary/aromatic N) is 2. The Morgan fingerprint density at radius 1 is 1.62 bits per heavy atom. The molecule has 1 aromatic rings. The lowest BCUT2D eigenvalue weighted by atomic mass is 9.95.